The fourth-order valence-corrected chi connectivity index (χ4v) is 4.95. The summed E-state index contributed by atoms with van der Waals surface area (Å²) < 4.78 is 6.13. The number of rotatable bonds is 3. The second kappa shape index (κ2) is 6.05. The molecule has 1 aromatic heterocycles. The maximum absolute atomic E-state index is 9.37. The molecule has 0 aliphatic rings. The molecular weight excluding hydrogens is 336 g/mol. The van der Waals surface area contributed by atoms with Gasteiger partial charge in [-0.3, -0.25) is 0 Å². The van der Waals surface area contributed by atoms with E-state index in [0.29, 0.717) is 11.1 Å². The van der Waals surface area contributed by atoms with E-state index in [1.165, 1.54) is 5.19 Å². The van der Waals surface area contributed by atoms with Gasteiger partial charge in [-0.2, -0.15) is 5.26 Å². The van der Waals surface area contributed by atoms with Gasteiger partial charge in [0, 0.05) is 16.5 Å². The third kappa shape index (κ3) is 2.67. The molecule has 0 saturated carbocycles. The largest absolute Gasteiger partial charge is 0.452 e. The van der Waals surface area contributed by atoms with E-state index in [1.54, 1.807) is 6.07 Å². The number of anilines is 2. The Morgan fingerprint density at radius 3 is 2.19 bits per heavy atom. The van der Waals surface area contributed by atoms with Crippen molar-refractivity contribution in [3.05, 3.63) is 66.2 Å². The number of hydrogen-bond acceptors (Lipinski definition) is 3. The molecule has 0 atom stereocenters. The molecule has 4 aromatic rings. The molecule has 0 aliphatic carbocycles. The first kappa shape index (κ1) is 16.4. The van der Waals surface area contributed by atoms with E-state index in [0.717, 1.165) is 27.7 Å². The lowest BCUT2D eigenvalue weighted by Gasteiger charge is -2.21. The molecule has 0 aliphatic heterocycles. The Hall–Kier alpha value is -3.03. The number of nitrogens with one attached hydrogen (secondary N) is 1. The van der Waals surface area contributed by atoms with Gasteiger partial charge < -0.3 is 9.73 Å². The average molecular weight is 357 g/mol. The number of fused-ring (bicyclic) bond motifs is 3. The van der Waals surface area contributed by atoms with Crippen molar-refractivity contribution in [3.63, 3.8) is 0 Å². The Bertz CT molecular complexity index is 1160. The molecule has 0 fully saturated rings. The minimum atomic E-state index is -1.48. The van der Waals surface area contributed by atoms with Gasteiger partial charge in [-0.1, -0.05) is 62.1 Å². The topological polar surface area (TPSA) is 49.0 Å². The van der Waals surface area contributed by atoms with E-state index >= 15 is 0 Å². The van der Waals surface area contributed by atoms with Gasteiger partial charge in [0.1, 0.15) is 6.07 Å². The van der Waals surface area contributed by atoms with Crippen molar-refractivity contribution in [2.75, 3.05) is 5.32 Å². The fourth-order valence-electron chi connectivity index (χ4n) is 3.40. The highest BCUT2D eigenvalue weighted by atomic mass is 28.3. The minimum absolute atomic E-state index is 0.562. The van der Waals surface area contributed by atoms with Crippen LogP contribution in [-0.2, 0) is 0 Å². The van der Waals surface area contributed by atoms with E-state index in [2.05, 4.69) is 55.3 Å². The molecule has 1 N–H and O–H groups in total. The number of furan rings is 1. The number of hydrogen-bond donors (Lipinski definition) is 1. The lowest BCUT2D eigenvalue weighted by Crippen LogP contribution is -2.38. The Labute approximate surface area is 153 Å². The van der Waals surface area contributed by atoms with E-state index in [9.17, 15) is 5.26 Å². The fraction of sp³-hybridized carbons (Fsp3) is 0.136. The summed E-state index contributed by atoms with van der Waals surface area (Å²) >= 11 is 0. The molecule has 0 unspecified atom stereocenters. The van der Waals surface area contributed by atoms with Crippen LogP contribution in [0.3, 0.4) is 0 Å². The monoisotopic (exact) mass is 356 g/mol. The van der Waals surface area contributed by atoms with Gasteiger partial charge in [0.15, 0.2) is 11.2 Å². The summed E-state index contributed by atoms with van der Waals surface area (Å²) in [6, 6.07) is 22.5. The van der Waals surface area contributed by atoms with Gasteiger partial charge >= 0.3 is 0 Å². The van der Waals surface area contributed by atoms with Crippen molar-refractivity contribution in [2.24, 2.45) is 0 Å². The molecule has 0 saturated heterocycles. The van der Waals surface area contributed by atoms with E-state index in [1.807, 2.05) is 30.3 Å². The third-order valence-electron chi connectivity index (χ3n) is 4.65. The molecule has 0 spiro atoms. The zero-order valence-corrected chi connectivity index (χ0v) is 16.1. The Balaban J connectivity index is 1.91. The first-order chi connectivity index (χ1) is 12.5. The van der Waals surface area contributed by atoms with Gasteiger partial charge in [0.25, 0.3) is 0 Å². The second-order valence-electron chi connectivity index (χ2n) is 7.50. The van der Waals surface area contributed by atoms with Crippen LogP contribution in [0.4, 0.5) is 11.4 Å². The maximum atomic E-state index is 9.37. The number of para-hydroxylation sites is 3. The van der Waals surface area contributed by atoms with E-state index in [-0.39, 0.29) is 0 Å². The smallest absolute Gasteiger partial charge is 0.158 e. The van der Waals surface area contributed by atoms with Crippen LogP contribution >= 0.6 is 0 Å². The lowest BCUT2D eigenvalue weighted by molar-refractivity contribution is 0.669. The first-order valence-corrected chi connectivity index (χ1v) is 12.2. The summed E-state index contributed by atoms with van der Waals surface area (Å²) in [5, 5.41) is 16.3. The molecule has 1 heterocycles. The molecule has 3 aromatic carbocycles. The van der Waals surface area contributed by atoms with Crippen molar-refractivity contribution in [3.8, 4) is 6.07 Å². The minimum Gasteiger partial charge on any atom is -0.452 e. The quantitative estimate of drug-likeness (QED) is 0.476. The molecule has 128 valence electrons. The summed E-state index contributed by atoms with van der Waals surface area (Å²) in [7, 11) is -1.48. The molecule has 0 radical (unpaired) electrons. The standard InChI is InChI=1S/C22H20N2OSi/c1-26(2,3)20-13-5-4-11-18(20)24-19-12-7-10-17-16-9-6-8-15(14-23)21(16)25-22(17)19/h4-13,24H,1-3H3. The zero-order chi connectivity index (χ0) is 18.3. The number of nitrogens with zero attached hydrogens (tertiary/aromatic N) is 1. The highest BCUT2D eigenvalue weighted by molar-refractivity contribution is 6.89. The first-order valence-electron chi connectivity index (χ1n) is 8.70. The van der Waals surface area contributed by atoms with Crippen molar-refractivity contribution >= 4 is 46.6 Å². The highest BCUT2D eigenvalue weighted by Gasteiger charge is 2.21. The molecule has 3 nitrogen and oxygen atoms in total. The van der Waals surface area contributed by atoms with Crippen molar-refractivity contribution in [2.45, 2.75) is 19.6 Å². The predicted octanol–water partition coefficient (Wildman–Crippen LogP) is 5.75. The molecule has 0 amide bonds. The van der Waals surface area contributed by atoms with Crippen molar-refractivity contribution in [1.29, 1.82) is 5.26 Å². The van der Waals surface area contributed by atoms with Crippen LogP contribution in [-0.4, -0.2) is 8.07 Å². The van der Waals surface area contributed by atoms with Crippen molar-refractivity contribution < 1.29 is 4.42 Å². The van der Waals surface area contributed by atoms with Crippen LogP contribution in [0.15, 0.2) is 65.1 Å². The highest BCUT2D eigenvalue weighted by Crippen LogP contribution is 2.35. The van der Waals surface area contributed by atoms with Crippen LogP contribution in [0.25, 0.3) is 21.9 Å². The summed E-state index contributed by atoms with van der Waals surface area (Å²) in [5.74, 6) is 0. The maximum Gasteiger partial charge on any atom is 0.158 e. The van der Waals surface area contributed by atoms with E-state index < -0.39 is 8.07 Å². The number of nitriles is 1. The summed E-state index contributed by atoms with van der Waals surface area (Å²) in [6.07, 6.45) is 0. The van der Waals surface area contributed by atoms with Crippen molar-refractivity contribution in [1.82, 2.24) is 0 Å². The number of benzene rings is 3. The molecule has 4 heteroatoms. The summed E-state index contributed by atoms with van der Waals surface area (Å²) in [6.45, 7) is 7.03. The Morgan fingerprint density at radius 2 is 1.46 bits per heavy atom. The van der Waals surface area contributed by atoms with Crippen LogP contribution in [0.1, 0.15) is 5.56 Å². The SMILES string of the molecule is C[Si](C)(C)c1ccccc1Nc1cccc2c1oc1c(C#N)cccc12. The third-order valence-corrected chi connectivity index (χ3v) is 6.70. The summed E-state index contributed by atoms with van der Waals surface area (Å²) in [4.78, 5) is 0. The molecular formula is C22H20N2OSi. The van der Waals surface area contributed by atoms with Crippen LogP contribution in [0.2, 0.25) is 19.6 Å². The normalized spacial score (nSPS) is 11.6. The lowest BCUT2D eigenvalue weighted by atomic mass is 10.1. The molecule has 0 bridgehead atoms. The Kier molecular flexibility index (Phi) is 3.82. The second-order valence-corrected chi connectivity index (χ2v) is 12.5. The van der Waals surface area contributed by atoms with Gasteiger partial charge in [0.05, 0.1) is 19.3 Å². The van der Waals surface area contributed by atoms with Crippen LogP contribution in [0, 0.1) is 11.3 Å². The Morgan fingerprint density at radius 1 is 0.808 bits per heavy atom. The van der Waals surface area contributed by atoms with Gasteiger partial charge in [-0.15, -0.1) is 0 Å². The van der Waals surface area contributed by atoms with Crippen LogP contribution < -0.4 is 10.5 Å². The molecule has 26 heavy (non-hydrogen) atoms. The van der Waals surface area contributed by atoms with Crippen LogP contribution in [0.5, 0.6) is 0 Å². The summed E-state index contributed by atoms with van der Waals surface area (Å²) in [5.41, 5.74) is 4.05. The van der Waals surface area contributed by atoms with Gasteiger partial charge in [-0.05, 0) is 23.4 Å². The molecule has 4 rings (SSSR count). The average Bonchev–Trinajstić information content (AvgIpc) is 3.01. The van der Waals surface area contributed by atoms with Gasteiger partial charge in [0.2, 0.25) is 0 Å². The zero-order valence-electron chi connectivity index (χ0n) is 15.1. The van der Waals surface area contributed by atoms with Gasteiger partial charge in [-0.25, -0.2) is 0 Å². The van der Waals surface area contributed by atoms with E-state index in [4.69, 9.17) is 4.42 Å². The predicted molar refractivity (Wildman–Crippen MR) is 111 cm³/mol.